The van der Waals surface area contributed by atoms with E-state index < -0.39 is 11.0 Å². The highest BCUT2D eigenvalue weighted by atomic mass is 16.6. The van der Waals surface area contributed by atoms with E-state index in [0.29, 0.717) is 5.76 Å². The van der Waals surface area contributed by atoms with E-state index in [-0.39, 0.29) is 11.5 Å². The van der Waals surface area contributed by atoms with E-state index in [1.165, 1.54) is 12.1 Å². The third kappa shape index (κ3) is 2.50. The van der Waals surface area contributed by atoms with Crippen molar-refractivity contribution >= 4 is 5.88 Å². The van der Waals surface area contributed by atoms with Gasteiger partial charge in [0.1, 0.15) is 22.0 Å². The van der Waals surface area contributed by atoms with Crippen LogP contribution in [0.25, 0.3) is 0 Å². The molecule has 0 spiro atoms. The first-order valence-electron chi connectivity index (χ1n) is 6.67. The van der Waals surface area contributed by atoms with Crippen LogP contribution in [0.3, 0.4) is 0 Å². The van der Waals surface area contributed by atoms with Crippen molar-refractivity contribution in [3.8, 4) is 5.75 Å². The molecule has 0 bridgehead atoms. The van der Waals surface area contributed by atoms with Crippen LogP contribution in [0.15, 0.2) is 34.7 Å². The number of hydrogen-bond acceptors (Lipinski definition) is 5. The maximum absolute atomic E-state index is 10.7. The molecule has 2 heterocycles. The highest BCUT2D eigenvalue weighted by Gasteiger charge is 2.30. The van der Waals surface area contributed by atoms with Gasteiger partial charge in [0.25, 0.3) is 0 Å². The molecule has 1 aromatic heterocycles. The van der Waals surface area contributed by atoms with Crippen LogP contribution in [0, 0.1) is 10.1 Å². The Morgan fingerprint density at radius 1 is 1.33 bits per heavy atom. The lowest BCUT2D eigenvalue weighted by Gasteiger charge is -2.16. The summed E-state index contributed by atoms with van der Waals surface area (Å²) in [7, 11) is 0. The highest BCUT2D eigenvalue weighted by Crippen LogP contribution is 2.37. The maximum atomic E-state index is 10.7. The molecule has 3 rings (SSSR count). The van der Waals surface area contributed by atoms with Gasteiger partial charge in [-0.3, -0.25) is 10.1 Å². The zero-order valence-corrected chi connectivity index (χ0v) is 11.8. The summed E-state index contributed by atoms with van der Waals surface area (Å²) in [5.74, 6) is 0.937. The first kappa shape index (κ1) is 13.6. The van der Waals surface area contributed by atoms with Crippen LogP contribution in [0.5, 0.6) is 5.75 Å². The highest BCUT2D eigenvalue weighted by molar-refractivity contribution is 5.44. The van der Waals surface area contributed by atoms with Gasteiger partial charge < -0.3 is 14.9 Å². The first-order valence-corrected chi connectivity index (χ1v) is 6.67. The summed E-state index contributed by atoms with van der Waals surface area (Å²) in [6, 6.07) is 8.04. The molecule has 1 aliphatic heterocycles. The minimum atomic E-state index is -0.574. The monoisotopic (exact) mass is 288 g/mol. The van der Waals surface area contributed by atoms with Gasteiger partial charge in [-0.1, -0.05) is 6.07 Å². The molecule has 0 aliphatic carbocycles. The molecule has 6 heteroatoms. The number of nitrogens with zero attached hydrogens (tertiary/aromatic N) is 1. The maximum Gasteiger partial charge on any atom is 0.433 e. The van der Waals surface area contributed by atoms with E-state index in [1.54, 1.807) is 0 Å². The lowest BCUT2D eigenvalue weighted by molar-refractivity contribution is -0.402. The predicted molar refractivity (Wildman–Crippen MR) is 76.2 cm³/mol. The molecule has 2 aromatic rings. The molecule has 0 radical (unpaired) electrons. The molecule has 0 amide bonds. The number of hydrogen-bond donors (Lipinski definition) is 1. The van der Waals surface area contributed by atoms with Gasteiger partial charge >= 0.3 is 5.88 Å². The minimum Gasteiger partial charge on any atom is -0.487 e. The summed E-state index contributed by atoms with van der Waals surface area (Å²) >= 11 is 0. The number of nitrogens with two attached hydrogens (primary N) is 1. The van der Waals surface area contributed by atoms with E-state index >= 15 is 0 Å². The van der Waals surface area contributed by atoms with Crippen LogP contribution < -0.4 is 10.5 Å². The molecule has 1 aromatic carbocycles. The zero-order valence-electron chi connectivity index (χ0n) is 11.8. The topological polar surface area (TPSA) is 91.5 Å². The molecule has 6 nitrogen and oxygen atoms in total. The Morgan fingerprint density at radius 3 is 2.76 bits per heavy atom. The molecule has 21 heavy (non-hydrogen) atoms. The van der Waals surface area contributed by atoms with Crippen LogP contribution in [-0.2, 0) is 6.42 Å². The average molecular weight is 288 g/mol. The lowest BCUT2D eigenvalue weighted by Crippen LogP contribution is -2.24. The van der Waals surface area contributed by atoms with Crippen LogP contribution >= 0.6 is 0 Å². The number of ether oxygens (including phenoxy) is 1. The summed E-state index contributed by atoms with van der Waals surface area (Å²) in [6.07, 6.45) is 0.807. The predicted octanol–water partition coefficient (Wildman–Crippen LogP) is 2.95. The number of rotatable bonds is 3. The standard InChI is InChI=1S/C15H16N2O4/c1-15(2)8-10-7-9(3-4-11(10)21-15)14(16)12-5-6-13(20-12)17(18)19/h3-7,14H,8,16H2,1-2H3. The van der Waals surface area contributed by atoms with Gasteiger partial charge in [0.05, 0.1) is 12.1 Å². The molecular weight excluding hydrogens is 272 g/mol. The second kappa shape index (κ2) is 4.60. The number of furan rings is 1. The van der Waals surface area contributed by atoms with Crippen LogP contribution in [0.1, 0.15) is 36.8 Å². The summed E-state index contributed by atoms with van der Waals surface area (Å²) < 4.78 is 11.0. The third-order valence-electron chi connectivity index (χ3n) is 3.55. The number of fused-ring (bicyclic) bond motifs is 1. The second-order valence-electron chi connectivity index (χ2n) is 5.82. The molecule has 0 saturated heterocycles. The van der Waals surface area contributed by atoms with Crippen molar-refractivity contribution in [2.45, 2.75) is 31.9 Å². The van der Waals surface area contributed by atoms with Gasteiger partial charge in [0.15, 0.2) is 0 Å². The normalized spacial score (nSPS) is 17.1. The van der Waals surface area contributed by atoms with E-state index in [2.05, 4.69) is 0 Å². The van der Waals surface area contributed by atoms with Gasteiger partial charge in [0, 0.05) is 6.42 Å². The van der Waals surface area contributed by atoms with Gasteiger partial charge in [-0.2, -0.15) is 0 Å². The summed E-state index contributed by atoms with van der Waals surface area (Å²) in [5.41, 5.74) is 7.86. The van der Waals surface area contributed by atoms with Crippen molar-refractivity contribution in [3.05, 3.63) is 57.3 Å². The Morgan fingerprint density at radius 2 is 2.10 bits per heavy atom. The molecule has 0 fully saturated rings. The fraction of sp³-hybridized carbons (Fsp3) is 0.333. The SMILES string of the molecule is CC1(C)Cc2cc(C(N)c3ccc([N+](=O)[O-])o3)ccc2O1. The first-order chi connectivity index (χ1) is 9.85. The van der Waals surface area contributed by atoms with Crippen molar-refractivity contribution in [2.24, 2.45) is 5.73 Å². The van der Waals surface area contributed by atoms with Crippen LogP contribution in [0.4, 0.5) is 5.88 Å². The second-order valence-corrected chi connectivity index (χ2v) is 5.82. The van der Waals surface area contributed by atoms with E-state index in [4.69, 9.17) is 14.9 Å². The average Bonchev–Trinajstić information content (AvgIpc) is 2.99. The Labute approximate surface area is 121 Å². The molecule has 1 aliphatic rings. The van der Waals surface area contributed by atoms with E-state index in [1.807, 2.05) is 32.0 Å². The lowest BCUT2D eigenvalue weighted by atomic mass is 9.97. The van der Waals surface area contributed by atoms with E-state index in [9.17, 15) is 10.1 Å². The van der Waals surface area contributed by atoms with Gasteiger partial charge in [0.2, 0.25) is 0 Å². The smallest absolute Gasteiger partial charge is 0.433 e. The fourth-order valence-corrected chi connectivity index (χ4v) is 2.59. The van der Waals surface area contributed by atoms with Crippen molar-refractivity contribution in [1.82, 2.24) is 0 Å². The summed E-state index contributed by atoms with van der Waals surface area (Å²) in [4.78, 5) is 10.1. The van der Waals surface area contributed by atoms with Crippen LogP contribution in [0.2, 0.25) is 0 Å². The summed E-state index contributed by atoms with van der Waals surface area (Å²) in [5, 5.41) is 10.7. The molecule has 1 unspecified atom stereocenters. The third-order valence-corrected chi connectivity index (χ3v) is 3.55. The Bertz CT molecular complexity index is 705. The van der Waals surface area contributed by atoms with Crippen molar-refractivity contribution in [1.29, 1.82) is 0 Å². The Hall–Kier alpha value is -2.34. The molecular formula is C15H16N2O4. The molecule has 1 atom stereocenters. The molecule has 110 valence electrons. The largest absolute Gasteiger partial charge is 0.487 e. The number of benzene rings is 1. The van der Waals surface area contributed by atoms with Crippen molar-refractivity contribution in [2.75, 3.05) is 0 Å². The number of nitro groups is 1. The Balaban J connectivity index is 1.89. The summed E-state index contributed by atoms with van der Waals surface area (Å²) in [6.45, 7) is 4.06. The van der Waals surface area contributed by atoms with Crippen molar-refractivity contribution < 1.29 is 14.1 Å². The van der Waals surface area contributed by atoms with Gasteiger partial charge in [-0.05, 0) is 43.2 Å². The van der Waals surface area contributed by atoms with Crippen LogP contribution in [-0.4, -0.2) is 10.5 Å². The van der Waals surface area contributed by atoms with E-state index in [0.717, 1.165) is 23.3 Å². The quantitative estimate of drug-likeness (QED) is 0.692. The Kier molecular flexibility index (Phi) is 2.98. The molecule has 0 saturated carbocycles. The zero-order chi connectivity index (χ0) is 15.2. The van der Waals surface area contributed by atoms with Crippen molar-refractivity contribution in [3.63, 3.8) is 0 Å². The molecule has 2 N–H and O–H groups in total. The minimum absolute atomic E-state index is 0.214. The fourth-order valence-electron chi connectivity index (χ4n) is 2.59. The van der Waals surface area contributed by atoms with Gasteiger partial charge in [-0.25, -0.2) is 0 Å². The van der Waals surface area contributed by atoms with Gasteiger partial charge in [-0.15, -0.1) is 0 Å².